The van der Waals surface area contributed by atoms with Crippen molar-refractivity contribution in [2.75, 3.05) is 67.2 Å². The quantitative estimate of drug-likeness (QED) is 0.211. The molecule has 7 nitrogen and oxygen atoms in total. The Morgan fingerprint density at radius 2 is 1.71 bits per heavy atom. The van der Waals surface area contributed by atoms with E-state index in [1.165, 1.54) is 44.2 Å². The average Bonchev–Trinajstić information content (AvgIpc) is 3.21. The molecule has 0 radical (unpaired) electrons. The lowest BCUT2D eigenvalue weighted by Crippen LogP contribution is -2.52. The summed E-state index contributed by atoms with van der Waals surface area (Å²) in [7, 11) is 6.18. The summed E-state index contributed by atoms with van der Waals surface area (Å²) in [6.07, 6.45) is 6.47. The first-order chi connectivity index (χ1) is 14.7. The van der Waals surface area contributed by atoms with Gasteiger partial charge in [0.25, 0.3) is 0 Å². The second-order valence-corrected chi connectivity index (χ2v) is 8.50. The zero-order valence-corrected chi connectivity index (χ0v) is 21.8. The van der Waals surface area contributed by atoms with E-state index in [1.54, 1.807) is 0 Å². The van der Waals surface area contributed by atoms with E-state index < -0.39 is 0 Å². The minimum atomic E-state index is 0. The molecule has 0 bridgehead atoms. The van der Waals surface area contributed by atoms with E-state index in [0.29, 0.717) is 6.79 Å². The summed E-state index contributed by atoms with van der Waals surface area (Å²) in [5.74, 6) is 2.77. The number of nitrogens with zero attached hydrogens (tertiary/aromatic N) is 4. The van der Waals surface area contributed by atoms with Gasteiger partial charge in [0.2, 0.25) is 6.79 Å². The van der Waals surface area contributed by atoms with Gasteiger partial charge >= 0.3 is 0 Å². The van der Waals surface area contributed by atoms with Crippen LogP contribution in [0, 0.1) is 0 Å². The standard InChI is InChI=1S/C23H39N5O2.HI/c1-24-23(25-11-7-5-4-6-8-12-26(2)3)28-15-13-27(14-16-28)18-20-9-10-21-22(17-20)30-19-29-21;/h9-10,17H,4-8,11-16,18-19H2,1-3H3,(H,24,25);1H. The van der Waals surface area contributed by atoms with Gasteiger partial charge in [0.15, 0.2) is 17.5 Å². The summed E-state index contributed by atoms with van der Waals surface area (Å²) < 4.78 is 10.9. The molecule has 0 atom stereocenters. The molecule has 0 saturated carbocycles. The topological polar surface area (TPSA) is 52.6 Å². The zero-order valence-electron chi connectivity index (χ0n) is 19.4. The number of piperazine rings is 1. The van der Waals surface area contributed by atoms with Gasteiger partial charge in [-0.25, -0.2) is 0 Å². The molecule has 1 fully saturated rings. The lowest BCUT2D eigenvalue weighted by molar-refractivity contribution is 0.171. The lowest BCUT2D eigenvalue weighted by atomic mass is 10.1. The molecule has 8 heteroatoms. The number of benzene rings is 1. The molecule has 31 heavy (non-hydrogen) atoms. The number of guanidine groups is 1. The van der Waals surface area contributed by atoms with Crippen molar-refractivity contribution in [2.24, 2.45) is 4.99 Å². The van der Waals surface area contributed by atoms with E-state index in [4.69, 9.17) is 9.47 Å². The van der Waals surface area contributed by atoms with Crippen molar-refractivity contribution in [1.29, 1.82) is 0 Å². The highest BCUT2D eigenvalue weighted by atomic mass is 127. The fourth-order valence-corrected chi connectivity index (χ4v) is 4.03. The van der Waals surface area contributed by atoms with Gasteiger partial charge < -0.3 is 24.6 Å². The van der Waals surface area contributed by atoms with Crippen molar-refractivity contribution in [3.63, 3.8) is 0 Å². The van der Waals surface area contributed by atoms with Crippen LogP contribution >= 0.6 is 24.0 Å². The first kappa shape index (κ1) is 26.0. The van der Waals surface area contributed by atoms with Crippen LogP contribution in [-0.4, -0.2) is 87.9 Å². The average molecular weight is 546 g/mol. The third-order valence-corrected chi connectivity index (χ3v) is 5.79. The number of hydrogen-bond donors (Lipinski definition) is 1. The Morgan fingerprint density at radius 3 is 2.45 bits per heavy atom. The fourth-order valence-electron chi connectivity index (χ4n) is 4.03. The number of nitrogens with one attached hydrogen (secondary N) is 1. The van der Waals surface area contributed by atoms with Crippen molar-refractivity contribution in [3.8, 4) is 11.5 Å². The number of fused-ring (bicyclic) bond motifs is 1. The summed E-state index contributed by atoms with van der Waals surface area (Å²) in [4.78, 5) is 11.6. The van der Waals surface area contributed by atoms with Crippen molar-refractivity contribution in [1.82, 2.24) is 20.0 Å². The Balaban J connectivity index is 0.00000341. The van der Waals surface area contributed by atoms with E-state index >= 15 is 0 Å². The van der Waals surface area contributed by atoms with Gasteiger partial charge in [-0.05, 0) is 51.2 Å². The SMILES string of the molecule is CN=C(NCCCCCCCN(C)C)N1CCN(Cc2ccc3c(c2)OCO3)CC1.I. The zero-order chi connectivity index (χ0) is 21.2. The maximum absolute atomic E-state index is 5.50. The lowest BCUT2D eigenvalue weighted by Gasteiger charge is -2.36. The maximum Gasteiger partial charge on any atom is 0.231 e. The molecule has 2 heterocycles. The largest absolute Gasteiger partial charge is 0.454 e. The minimum Gasteiger partial charge on any atom is -0.454 e. The molecular formula is C23H40IN5O2. The van der Waals surface area contributed by atoms with Crippen molar-refractivity contribution >= 4 is 29.9 Å². The minimum absolute atomic E-state index is 0. The summed E-state index contributed by atoms with van der Waals surface area (Å²) in [5.41, 5.74) is 1.28. The third kappa shape index (κ3) is 8.65. The van der Waals surface area contributed by atoms with Gasteiger partial charge in [-0.1, -0.05) is 25.3 Å². The highest BCUT2D eigenvalue weighted by molar-refractivity contribution is 14.0. The summed E-state index contributed by atoms with van der Waals surface area (Å²) in [5, 5.41) is 3.56. The highest BCUT2D eigenvalue weighted by Crippen LogP contribution is 2.32. The second-order valence-electron chi connectivity index (χ2n) is 8.50. The van der Waals surface area contributed by atoms with Crippen LogP contribution in [0.2, 0.25) is 0 Å². The molecule has 0 aliphatic carbocycles. The van der Waals surface area contributed by atoms with Gasteiger partial charge in [0, 0.05) is 46.3 Å². The molecule has 0 amide bonds. The van der Waals surface area contributed by atoms with Crippen LogP contribution < -0.4 is 14.8 Å². The van der Waals surface area contributed by atoms with E-state index in [0.717, 1.165) is 56.7 Å². The Morgan fingerprint density at radius 1 is 1.00 bits per heavy atom. The molecule has 2 aliphatic heterocycles. The molecule has 1 aromatic rings. The maximum atomic E-state index is 5.50. The van der Waals surface area contributed by atoms with Crippen LogP contribution in [0.1, 0.15) is 37.7 Å². The molecule has 0 unspecified atom stereocenters. The number of unbranched alkanes of at least 4 members (excludes halogenated alkanes) is 4. The smallest absolute Gasteiger partial charge is 0.231 e. The molecule has 0 spiro atoms. The summed E-state index contributed by atoms with van der Waals surface area (Å²) >= 11 is 0. The first-order valence-electron chi connectivity index (χ1n) is 11.4. The van der Waals surface area contributed by atoms with Gasteiger partial charge in [0.05, 0.1) is 0 Å². The number of rotatable bonds is 10. The van der Waals surface area contributed by atoms with Crippen LogP contribution in [0.4, 0.5) is 0 Å². The number of aliphatic imine (C=N–C) groups is 1. The number of hydrogen-bond acceptors (Lipinski definition) is 5. The predicted octanol–water partition coefficient (Wildman–Crippen LogP) is 3.24. The van der Waals surface area contributed by atoms with Crippen LogP contribution in [0.15, 0.2) is 23.2 Å². The molecule has 1 saturated heterocycles. The summed E-state index contributed by atoms with van der Waals surface area (Å²) in [6.45, 7) is 7.60. The van der Waals surface area contributed by atoms with Crippen LogP contribution in [0.3, 0.4) is 0 Å². The van der Waals surface area contributed by atoms with Gasteiger partial charge in [-0.3, -0.25) is 9.89 Å². The van der Waals surface area contributed by atoms with Crippen LogP contribution in [0.25, 0.3) is 0 Å². The molecule has 176 valence electrons. The van der Waals surface area contributed by atoms with Crippen molar-refractivity contribution in [3.05, 3.63) is 23.8 Å². The molecule has 1 aromatic carbocycles. The van der Waals surface area contributed by atoms with Gasteiger partial charge in [-0.15, -0.1) is 24.0 Å². The normalized spacial score (nSPS) is 16.5. The van der Waals surface area contributed by atoms with Crippen molar-refractivity contribution < 1.29 is 9.47 Å². The van der Waals surface area contributed by atoms with Crippen LogP contribution in [0.5, 0.6) is 11.5 Å². The monoisotopic (exact) mass is 545 g/mol. The van der Waals surface area contributed by atoms with Gasteiger partial charge in [-0.2, -0.15) is 0 Å². The summed E-state index contributed by atoms with van der Waals surface area (Å²) in [6, 6.07) is 6.26. The second kappa shape index (κ2) is 14.0. The Bertz CT molecular complexity index is 678. The molecule has 3 rings (SSSR count). The highest BCUT2D eigenvalue weighted by Gasteiger charge is 2.20. The molecule has 1 N–H and O–H groups in total. The predicted molar refractivity (Wildman–Crippen MR) is 138 cm³/mol. The Labute approximate surface area is 205 Å². The number of halogens is 1. The number of ether oxygens (including phenoxy) is 2. The van der Waals surface area contributed by atoms with Crippen molar-refractivity contribution in [2.45, 2.75) is 38.6 Å². The molecular weight excluding hydrogens is 505 g/mol. The van der Waals surface area contributed by atoms with E-state index in [-0.39, 0.29) is 24.0 Å². The van der Waals surface area contributed by atoms with E-state index in [2.05, 4.69) is 51.2 Å². The van der Waals surface area contributed by atoms with Crippen LogP contribution in [-0.2, 0) is 6.54 Å². The van der Waals surface area contributed by atoms with E-state index in [1.807, 2.05) is 13.1 Å². The fraction of sp³-hybridized carbons (Fsp3) is 0.696. The Hall–Kier alpha value is -1.26. The Kier molecular flexibility index (Phi) is 11.7. The first-order valence-corrected chi connectivity index (χ1v) is 11.4. The molecule has 2 aliphatic rings. The van der Waals surface area contributed by atoms with E-state index in [9.17, 15) is 0 Å². The molecule has 0 aromatic heterocycles. The third-order valence-electron chi connectivity index (χ3n) is 5.79. The van der Waals surface area contributed by atoms with Gasteiger partial charge in [0.1, 0.15) is 0 Å².